The molecule has 1 fully saturated rings. The Bertz CT molecular complexity index is 473. The minimum atomic E-state index is -0.489. The lowest BCUT2D eigenvalue weighted by Gasteiger charge is -2.35. The molecule has 22 heavy (non-hydrogen) atoms. The molecule has 1 amide bonds. The van der Waals surface area contributed by atoms with Crippen molar-refractivity contribution in [2.75, 3.05) is 39.3 Å². The average molecular weight is 326 g/mol. The molecule has 0 spiro atoms. The van der Waals surface area contributed by atoms with Gasteiger partial charge in [-0.3, -0.25) is 9.69 Å². The van der Waals surface area contributed by atoms with E-state index in [9.17, 15) is 4.79 Å². The Morgan fingerprint density at radius 3 is 2.50 bits per heavy atom. The Balaban J connectivity index is 1.80. The minimum Gasteiger partial charge on any atom is -0.481 e. The molecule has 122 valence electrons. The molecule has 1 unspecified atom stereocenters. The molecule has 0 radical (unpaired) electrons. The van der Waals surface area contributed by atoms with E-state index in [2.05, 4.69) is 4.90 Å². The monoisotopic (exact) mass is 325 g/mol. The van der Waals surface area contributed by atoms with Crippen LogP contribution in [-0.2, 0) is 4.79 Å². The first-order valence-corrected chi connectivity index (χ1v) is 8.11. The largest absolute Gasteiger partial charge is 0.481 e. The maximum absolute atomic E-state index is 12.4. The summed E-state index contributed by atoms with van der Waals surface area (Å²) < 4.78 is 5.70. The van der Waals surface area contributed by atoms with Gasteiger partial charge in [0.2, 0.25) is 0 Å². The first-order chi connectivity index (χ1) is 10.6. The fourth-order valence-corrected chi connectivity index (χ4v) is 2.66. The van der Waals surface area contributed by atoms with Crippen molar-refractivity contribution in [3.8, 4) is 5.75 Å². The summed E-state index contributed by atoms with van der Waals surface area (Å²) in [6.07, 6.45) is 0.515. The maximum Gasteiger partial charge on any atom is 0.263 e. The van der Waals surface area contributed by atoms with Crippen LogP contribution in [0.15, 0.2) is 24.3 Å². The number of carbonyl (C=O) groups is 1. The highest BCUT2D eigenvalue weighted by Gasteiger charge is 2.25. The summed E-state index contributed by atoms with van der Waals surface area (Å²) in [6, 6.07) is 7.06. The van der Waals surface area contributed by atoms with Gasteiger partial charge in [-0.05, 0) is 50.7 Å². The molecular formula is C16H24ClN3O2. The summed E-state index contributed by atoms with van der Waals surface area (Å²) in [7, 11) is 0. The van der Waals surface area contributed by atoms with Crippen molar-refractivity contribution in [1.82, 2.24) is 9.80 Å². The van der Waals surface area contributed by atoms with Gasteiger partial charge in [-0.15, -0.1) is 0 Å². The Labute approximate surface area is 137 Å². The lowest BCUT2D eigenvalue weighted by atomic mass is 10.2. The Morgan fingerprint density at radius 1 is 1.27 bits per heavy atom. The highest BCUT2D eigenvalue weighted by atomic mass is 35.5. The van der Waals surface area contributed by atoms with Gasteiger partial charge in [-0.1, -0.05) is 11.6 Å². The second-order valence-electron chi connectivity index (χ2n) is 5.52. The van der Waals surface area contributed by atoms with Crippen LogP contribution < -0.4 is 10.5 Å². The topological polar surface area (TPSA) is 58.8 Å². The predicted molar refractivity (Wildman–Crippen MR) is 88.2 cm³/mol. The molecule has 1 saturated heterocycles. The third-order valence-electron chi connectivity index (χ3n) is 3.84. The molecule has 0 aromatic heterocycles. The van der Waals surface area contributed by atoms with Crippen LogP contribution in [0.2, 0.25) is 5.02 Å². The van der Waals surface area contributed by atoms with Crippen LogP contribution in [-0.4, -0.2) is 61.1 Å². The maximum atomic E-state index is 12.4. The normalized spacial score (nSPS) is 17.3. The Hall–Kier alpha value is -1.30. The van der Waals surface area contributed by atoms with E-state index in [0.717, 1.165) is 39.1 Å². The number of amides is 1. The fourth-order valence-electron chi connectivity index (χ4n) is 2.53. The van der Waals surface area contributed by atoms with E-state index >= 15 is 0 Å². The molecule has 1 aromatic carbocycles. The molecule has 2 rings (SSSR count). The second kappa shape index (κ2) is 8.36. The first-order valence-electron chi connectivity index (χ1n) is 7.73. The zero-order valence-corrected chi connectivity index (χ0v) is 13.8. The number of hydrogen-bond donors (Lipinski definition) is 1. The molecule has 1 heterocycles. The van der Waals surface area contributed by atoms with E-state index < -0.39 is 6.10 Å². The van der Waals surface area contributed by atoms with Crippen LogP contribution in [0.5, 0.6) is 5.75 Å². The quantitative estimate of drug-likeness (QED) is 0.863. The van der Waals surface area contributed by atoms with Crippen molar-refractivity contribution in [3.05, 3.63) is 29.3 Å². The van der Waals surface area contributed by atoms with Gasteiger partial charge in [-0.25, -0.2) is 0 Å². The van der Waals surface area contributed by atoms with Crippen LogP contribution in [0.3, 0.4) is 0 Å². The molecule has 1 aromatic rings. The van der Waals surface area contributed by atoms with Crippen molar-refractivity contribution in [2.45, 2.75) is 19.4 Å². The average Bonchev–Trinajstić information content (AvgIpc) is 2.55. The standard InChI is InChI=1S/C16H24ClN3O2/c1-13(22-15-5-3-14(17)4-6-15)16(21)20-11-9-19(10-12-20)8-2-7-18/h3-6,13H,2,7-12,18H2,1H3. The van der Waals surface area contributed by atoms with Gasteiger partial charge in [0.25, 0.3) is 5.91 Å². The molecule has 6 heteroatoms. The van der Waals surface area contributed by atoms with Gasteiger partial charge in [0.05, 0.1) is 0 Å². The van der Waals surface area contributed by atoms with E-state index in [0.29, 0.717) is 17.3 Å². The number of nitrogens with two attached hydrogens (primary N) is 1. The van der Waals surface area contributed by atoms with Gasteiger partial charge in [0, 0.05) is 31.2 Å². The summed E-state index contributed by atoms with van der Waals surface area (Å²) in [5.74, 6) is 0.695. The van der Waals surface area contributed by atoms with Crippen LogP contribution in [0.1, 0.15) is 13.3 Å². The summed E-state index contributed by atoms with van der Waals surface area (Å²) in [5.41, 5.74) is 5.53. The molecular weight excluding hydrogens is 302 g/mol. The third kappa shape index (κ3) is 4.87. The fraction of sp³-hybridized carbons (Fsp3) is 0.562. The third-order valence-corrected chi connectivity index (χ3v) is 4.09. The first kappa shape index (κ1) is 17.1. The van der Waals surface area contributed by atoms with Crippen LogP contribution in [0.25, 0.3) is 0 Å². The summed E-state index contributed by atoms with van der Waals surface area (Å²) in [5, 5.41) is 0.653. The van der Waals surface area contributed by atoms with Gasteiger partial charge in [-0.2, -0.15) is 0 Å². The minimum absolute atomic E-state index is 0.0356. The van der Waals surface area contributed by atoms with Gasteiger partial charge in [0.1, 0.15) is 5.75 Å². The molecule has 0 bridgehead atoms. The van der Waals surface area contributed by atoms with Crippen LogP contribution in [0, 0.1) is 0 Å². The zero-order chi connectivity index (χ0) is 15.9. The predicted octanol–water partition coefficient (Wildman–Crippen LogP) is 1.60. The molecule has 5 nitrogen and oxygen atoms in total. The molecule has 0 aliphatic carbocycles. The van der Waals surface area contributed by atoms with E-state index in [-0.39, 0.29) is 5.91 Å². The highest BCUT2D eigenvalue weighted by Crippen LogP contribution is 2.17. The van der Waals surface area contributed by atoms with Gasteiger partial charge in [0.15, 0.2) is 6.10 Å². The number of nitrogens with zero attached hydrogens (tertiary/aromatic N) is 2. The highest BCUT2D eigenvalue weighted by molar-refractivity contribution is 6.30. The number of carbonyl (C=O) groups excluding carboxylic acids is 1. The van der Waals surface area contributed by atoms with Gasteiger partial charge < -0.3 is 15.4 Å². The van der Waals surface area contributed by atoms with Crippen molar-refractivity contribution >= 4 is 17.5 Å². The molecule has 1 aliphatic heterocycles. The molecule has 1 aliphatic rings. The molecule has 0 saturated carbocycles. The summed E-state index contributed by atoms with van der Waals surface area (Å²) in [6.45, 7) is 6.81. The second-order valence-corrected chi connectivity index (χ2v) is 5.96. The molecule has 1 atom stereocenters. The van der Waals surface area contributed by atoms with E-state index in [1.54, 1.807) is 31.2 Å². The van der Waals surface area contributed by atoms with Crippen LogP contribution in [0.4, 0.5) is 0 Å². The SMILES string of the molecule is CC(Oc1ccc(Cl)cc1)C(=O)N1CCN(CCCN)CC1. The number of rotatable bonds is 6. The van der Waals surface area contributed by atoms with Crippen molar-refractivity contribution in [1.29, 1.82) is 0 Å². The van der Waals surface area contributed by atoms with Crippen LogP contribution >= 0.6 is 11.6 Å². The number of ether oxygens (including phenoxy) is 1. The Kier molecular flexibility index (Phi) is 6.49. The number of benzene rings is 1. The van der Waals surface area contributed by atoms with Crippen molar-refractivity contribution in [2.24, 2.45) is 5.73 Å². The zero-order valence-electron chi connectivity index (χ0n) is 13.0. The van der Waals surface area contributed by atoms with Gasteiger partial charge >= 0.3 is 0 Å². The Morgan fingerprint density at radius 2 is 1.91 bits per heavy atom. The summed E-state index contributed by atoms with van der Waals surface area (Å²) >= 11 is 5.84. The van der Waals surface area contributed by atoms with E-state index in [1.165, 1.54) is 0 Å². The number of hydrogen-bond acceptors (Lipinski definition) is 4. The van der Waals surface area contributed by atoms with Crippen molar-refractivity contribution < 1.29 is 9.53 Å². The lowest BCUT2D eigenvalue weighted by Crippen LogP contribution is -2.52. The number of piperazine rings is 1. The van der Waals surface area contributed by atoms with Crippen molar-refractivity contribution in [3.63, 3.8) is 0 Å². The smallest absolute Gasteiger partial charge is 0.263 e. The molecule has 2 N–H and O–H groups in total. The van der Waals surface area contributed by atoms with E-state index in [1.807, 2.05) is 4.90 Å². The summed E-state index contributed by atoms with van der Waals surface area (Å²) in [4.78, 5) is 16.6. The lowest BCUT2D eigenvalue weighted by molar-refractivity contribution is -0.139. The number of halogens is 1. The van der Waals surface area contributed by atoms with E-state index in [4.69, 9.17) is 22.1 Å².